The summed E-state index contributed by atoms with van der Waals surface area (Å²) in [7, 11) is -1.63. The van der Waals surface area contributed by atoms with Gasteiger partial charge in [0.25, 0.3) is 0 Å². The highest BCUT2D eigenvalue weighted by atomic mass is 32.2. The molecule has 0 fully saturated rings. The van der Waals surface area contributed by atoms with Crippen molar-refractivity contribution in [2.45, 2.75) is 37.0 Å². The Morgan fingerprint density at radius 2 is 2.00 bits per heavy atom. The zero-order chi connectivity index (χ0) is 16.3. The van der Waals surface area contributed by atoms with E-state index in [1.165, 1.54) is 28.9 Å². The van der Waals surface area contributed by atoms with Gasteiger partial charge >= 0.3 is 0 Å². The maximum Gasteiger partial charge on any atom is 0.240 e. The number of aromatic nitrogens is 1. The molecule has 0 saturated heterocycles. The second-order valence-electron chi connectivity index (χ2n) is 5.68. The van der Waals surface area contributed by atoms with E-state index in [0.717, 1.165) is 30.1 Å². The summed E-state index contributed by atoms with van der Waals surface area (Å²) in [5.74, 6) is 0. The first-order valence-electron chi connectivity index (χ1n) is 7.82. The van der Waals surface area contributed by atoms with E-state index in [2.05, 4.69) is 15.0 Å². The van der Waals surface area contributed by atoms with E-state index in [0.29, 0.717) is 17.9 Å². The van der Waals surface area contributed by atoms with E-state index in [4.69, 9.17) is 0 Å². The first-order chi connectivity index (χ1) is 11.1. The lowest BCUT2D eigenvalue weighted by Crippen LogP contribution is -2.26. The van der Waals surface area contributed by atoms with Crippen molar-refractivity contribution < 1.29 is 8.42 Å². The third kappa shape index (κ3) is 3.91. The number of rotatable bonds is 6. The summed E-state index contributed by atoms with van der Waals surface area (Å²) in [5.41, 5.74) is 3.36. The summed E-state index contributed by atoms with van der Waals surface area (Å²) in [4.78, 5) is 4.72. The van der Waals surface area contributed by atoms with E-state index < -0.39 is 10.0 Å². The van der Waals surface area contributed by atoms with Crippen LogP contribution in [0.15, 0.2) is 28.5 Å². The monoisotopic (exact) mass is 351 g/mol. The molecule has 0 radical (unpaired) electrons. The molecule has 23 heavy (non-hydrogen) atoms. The second kappa shape index (κ2) is 6.98. The standard InChI is InChI=1S/C16H21N3O2S2/c1-17-16-19-14(11-22-16)8-9-18-23(20,21)15-7-6-12-4-2-3-5-13(12)10-15/h6-7,10-11,18H,2-5,8-9H2,1H3,(H,17,19). The molecule has 0 saturated carbocycles. The van der Waals surface area contributed by atoms with Crippen molar-refractivity contribution in [1.82, 2.24) is 9.71 Å². The van der Waals surface area contributed by atoms with Crippen LogP contribution in [0.2, 0.25) is 0 Å². The number of nitrogens with zero attached hydrogens (tertiary/aromatic N) is 1. The van der Waals surface area contributed by atoms with Gasteiger partial charge < -0.3 is 5.32 Å². The van der Waals surface area contributed by atoms with Crippen LogP contribution < -0.4 is 10.0 Å². The van der Waals surface area contributed by atoms with Gasteiger partial charge in [-0.25, -0.2) is 18.1 Å². The minimum Gasteiger partial charge on any atom is -0.365 e. The smallest absolute Gasteiger partial charge is 0.240 e. The summed E-state index contributed by atoms with van der Waals surface area (Å²) in [6.07, 6.45) is 4.95. The summed E-state index contributed by atoms with van der Waals surface area (Å²) >= 11 is 1.52. The second-order valence-corrected chi connectivity index (χ2v) is 8.30. The van der Waals surface area contributed by atoms with Crippen molar-refractivity contribution in [1.29, 1.82) is 0 Å². The zero-order valence-corrected chi connectivity index (χ0v) is 14.8. The van der Waals surface area contributed by atoms with Crippen LogP contribution in [-0.4, -0.2) is 27.0 Å². The Labute approximate surface area is 141 Å². The maximum atomic E-state index is 12.4. The summed E-state index contributed by atoms with van der Waals surface area (Å²) in [6.45, 7) is 0.353. The predicted molar refractivity (Wildman–Crippen MR) is 93.6 cm³/mol. The molecule has 5 nitrogen and oxygen atoms in total. The molecule has 2 N–H and O–H groups in total. The molecule has 3 rings (SSSR count). The Balaban J connectivity index is 1.64. The van der Waals surface area contributed by atoms with Crippen LogP contribution in [-0.2, 0) is 29.3 Å². The molecule has 0 bridgehead atoms. The maximum absolute atomic E-state index is 12.4. The fourth-order valence-electron chi connectivity index (χ4n) is 2.81. The first kappa shape index (κ1) is 16.4. The highest BCUT2D eigenvalue weighted by Gasteiger charge is 2.17. The average molecular weight is 351 g/mol. The van der Waals surface area contributed by atoms with Crippen molar-refractivity contribution in [3.8, 4) is 0 Å². The van der Waals surface area contributed by atoms with Gasteiger partial charge in [0, 0.05) is 25.4 Å². The van der Waals surface area contributed by atoms with Crippen LogP contribution in [0.3, 0.4) is 0 Å². The number of anilines is 1. The lowest BCUT2D eigenvalue weighted by molar-refractivity contribution is 0.580. The number of nitrogens with one attached hydrogen (secondary N) is 2. The molecule has 124 valence electrons. The van der Waals surface area contributed by atoms with Gasteiger partial charge in [0.05, 0.1) is 10.6 Å². The van der Waals surface area contributed by atoms with Gasteiger partial charge in [0.15, 0.2) is 5.13 Å². The molecule has 7 heteroatoms. The fourth-order valence-corrected chi connectivity index (χ4v) is 4.60. The number of thiazole rings is 1. The molecule has 1 aliphatic rings. The Morgan fingerprint density at radius 3 is 2.74 bits per heavy atom. The molecule has 1 heterocycles. The molecule has 0 amide bonds. The number of hydrogen-bond donors (Lipinski definition) is 2. The lowest BCUT2D eigenvalue weighted by Gasteiger charge is -2.16. The number of aryl methyl sites for hydroxylation is 2. The normalized spacial score (nSPS) is 14.5. The van der Waals surface area contributed by atoms with Crippen molar-refractivity contribution in [3.05, 3.63) is 40.4 Å². The Bertz CT molecular complexity index is 784. The van der Waals surface area contributed by atoms with Crippen LogP contribution in [0.4, 0.5) is 5.13 Å². The van der Waals surface area contributed by atoms with Crippen molar-refractivity contribution in [2.75, 3.05) is 18.9 Å². The predicted octanol–water partition coefficient (Wildman–Crippen LogP) is 2.58. The van der Waals surface area contributed by atoms with Crippen molar-refractivity contribution in [3.63, 3.8) is 0 Å². The molecule has 1 aromatic heterocycles. The molecule has 0 atom stereocenters. The Hall–Kier alpha value is -1.44. The number of sulfonamides is 1. The van der Waals surface area contributed by atoms with Gasteiger partial charge in [0.1, 0.15) is 0 Å². The zero-order valence-electron chi connectivity index (χ0n) is 13.1. The van der Waals surface area contributed by atoms with E-state index in [1.807, 2.05) is 24.6 Å². The summed E-state index contributed by atoms with van der Waals surface area (Å²) in [6, 6.07) is 5.51. The van der Waals surface area contributed by atoms with E-state index in [9.17, 15) is 8.42 Å². The number of benzene rings is 1. The molecule has 2 aromatic rings. The van der Waals surface area contributed by atoms with E-state index in [1.54, 1.807) is 6.07 Å². The lowest BCUT2D eigenvalue weighted by atomic mass is 9.92. The minimum atomic E-state index is -3.45. The minimum absolute atomic E-state index is 0.353. The quantitative estimate of drug-likeness (QED) is 0.839. The van der Waals surface area contributed by atoms with Crippen molar-refractivity contribution >= 4 is 26.5 Å². The molecule has 0 spiro atoms. The van der Waals surface area contributed by atoms with Gasteiger partial charge in [0.2, 0.25) is 10.0 Å². The average Bonchev–Trinajstić information content (AvgIpc) is 3.02. The van der Waals surface area contributed by atoms with Crippen LogP contribution in [0.1, 0.15) is 29.7 Å². The van der Waals surface area contributed by atoms with Crippen molar-refractivity contribution in [2.24, 2.45) is 0 Å². The third-order valence-corrected chi connectivity index (χ3v) is 6.44. The number of hydrogen-bond acceptors (Lipinski definition) is 5. The topological polar surface area (TPSA) is 71.1 Å². The largest absolute Gasteiger partial charge is 0.365 e. The molecule has 0 aliphatic heterocycles. The van der Waals surface area contributed by atoms with Crippen LogP contribution >= 0.6 is 11.3 Å². The number of fused-ring (bicyclic) bond motifs is 1. The van der Waals surface area contributed by atoms with Crippen LogP contribution in [0.5, 0.6) is 0 Å². The molecule has 1 aromatic carbocycles. The molecule has 0 unspecified atom stereocenters. The highest BCUT2D eigenvalue weighted by molar-refractivity contribution is 7.89. The van der Waals surface area contributed by atoms with E-state index >= 15 is 0 Å². The first-order valence-corrected chi connectivity index (χ1v) is 10.2. The van der Waals surface area contributed by atoms with Gasteiger partial charge in [-0.15, -0.1) is 11.3 Å². The van der Waals surface area contributed by atoms with Crippen LogP contribution in [0, 0.1) is 0 Å². The Kier molecular flexibility index (Phi) is 4.99. The van der Waals surface area contributed by atoms with Gasteiger partial charge in [-0.05, 0) is 48.9 Å². The fraction of sp³-hybridized carbons (Fsp3) is 0.438. The van der Waals surface area contributed by atoms with Gasteiger partial charge in [-0.3, -0.25) is 0 Å². The molecule has 1 aliphatic carbocycles. The Morgan fingerprint density at radius 1 is 1.22 bits per heavy atom. The van der Waals surface area contributed by atoms with Gasteiger partial charge in [-0.2, -0.15) is 0 Å². The molecular formula is C16H21N3O2S2. The molecular weight excluding hydrogens is 330 g/mol. The van der Waals surface area contributed by atoms with Crippen LogP contribution in [0.25, 0.3) is 0 Å². The van der Waals surface area contributed by atoms with E-state index in [-0.39, 0.29) is 0 Å². The summed E-state index contributed by atoms with van der Waals surface area (Å²) in [5, 5.41) is 5.77. The third-order valence-electron chi connectivity index (χ3n) is 4.07. The highest BCUT2D eigenvalue weighted by Crippen LogP contribution is 2.24. The van der Waals surface area contributed by atoms with Gasteiger partial charge in [-0.1, -0.05) is 6.07 Å². The SMILES string of the molecule is CNc1nc(CCNS(=O)(=O)c2ccc3c(c2)CCCC3)cs1. The summed E-state index contributed by atoms with van der Waals surface area (Å²) < 4.78 is 27.5.